The number of nitrogens with zero attached hydrogens (tertiary/aromatic N) is 2. The summed E-state index contributed by atoms with van der Waals surface area (Å²) < 4.78 is 0. The predicted molar refractivity (Wildman–Crippen MR) is 88.6 cm³/mol. The Morgan fingerprint density at radius 3 is 2.55 bits per heavy atom. The van der Waals surface area contributed by atoms with Gasteiger partial charge in [-0.15, -0.1) is 11.3 Å². The first-order valence-electron chi connectivity index (χ1n) is 7.08. The topological polar surface area (TPSA) is 28.2 Å². The van der Waals surface area contributed by atoms with Crippen LogP contribution in [0.1, 0.15) is 31.2 Å². The Hall–Kier alpha value is -1.39. The van der Waals surface area contributed by atoms with E-state index < -0.39 is 0 Å². The van der Waals surface area contributed by atoms with Crippen molar-refractivity contribution in [3.8, 4) is 10.6 Å². The van der Waals surface area contributed by atoms with Crippen molar-refractivity contribution in [3.05, 3.63) is 35.3 Å². The molecule has 108 valence electrons. The fourth-order valence-corrected chi connectivity index (χ4v) is 2.93. The highest BCUT2D eigenvalue weighted by Crippen LogP contribution is 2.29. The molecule has 0 fully saturated rings. The number of nitrogens with one attached hydrogen (secondary N) is 1. The molecule has 20 heavy (non-hydrogen) atoms. The Balaban J connectivity index is 2.11. The van der Waals surface area contributed by atoms with E-state index in [1.165, 1.54) is 16.1 Å². The minimum atomic E-state index is 0.377. The van der Waals surface area contributed by atoms with Gasteiger partial charge in [-0.2, -0.15) is 0 Å². The first-order chi connectivity index (χ1) is 9.61. The molecule has 0 saturated carbocycles. The van der Waals surface area contributed by atoms with Gasteiger partial charge in [-0.05, 0) is 44.2 Å². The zero-order valence-corrected chi connectivity index (χ0v) is 13.5. The van der Waals surface area contributed by atoms with Crippen molar-refractivity contribution in [2.24, 2.45) is 0 Å². The fraction of sp³-hybridized carbons (Fsp3) is 0.438. The van der Waals surface area contributed by atoms with E-state index >= 15 is 0 Å². The third-order valence-corrected chi connectivity index (χ3v) is 4.51. The molecule has 0 bridgehead atoms. The monoisotopic (exact) mass is 289 g/mol. The Morgan fingerprint density at radius 2 is 1.95 bits per heavy atom. The fourth-order valence-electron chi connectivity index (χ4n) is 1.98. The zero-order valence-electron chi connectivity index (χ0n) is 12.7. The number of anilines is 1. The van der Waals surface area contributed by atoms with Crippen LogP contribution in [0.4, 0.5) is 5.69 Å². The van der Waals surface area contributed by atoms with Gasteiger partial charge < -0.3 is 10.2 Å². The molecule has 3 nitrogen and oxygen atoms in total. The van der Waals surface area contributed by atoms with Gasteiger partial charge in [0, 0.05) is 42.5 Å². The summed E-state index contributed by atoms with van der Waals surface area (Å²) in [6.45, 7) is 5.43. The van der Waals surface area contributed by atoms with Gasteiger partial charge in [-0.25, -0.2) is 4.98 Å². The van der Waals surface area contributed by atoms with Crippen molar-refractivity contribution in [2.45, 2.75) is 26.3 Å². The van der Waals surface area contributed by atoms with E-state index in [0.717, 1.165) is 18.0 Å². The molecule has 0 amide bonds. The van der Waals surface area contributed by atoms with Gasteiger partial charge in [0.2, 0.25) is 0 Å². The van der Waals surface area contributed by atoms with Crippen LogP contribution in [-0.2, 0) is 0 Å². The second-order valence-corrected chi connectivity index (χ2v) is 6.25. The minimum absolute atomic E-state index is 0.377. The van der Waals surface area contributed by atoms with Gasteiger partial charge in [0.15, 0.2) is 0 Å². The maximum Gasteiger partial charge on any atom is 0.123 e. The molecule has 0 aliphatic carbocycles. The predicted octanol–water partition coefficient (Wildman–Crippen LogP) is 3.94. The average molecular weight is 289 g/mol. The minimum Gasteiger partial charge on any atom is -0.378 e. The van der Waals surface area contributed by atoms with Crippen molar-refractivity contribution in [1.82, 2.24) is 10.3 Å². The summed E-state index contributed by atoms with van der Waals surface area (Å²) in [4.78, 5) is 7.96. The van der Waals surface area contributed by atoms with Gasteiger partial charge in [-0.1, -0.05) is 6.92 Å². The lowest BCUT2D eigenvalue weighted by Crippen LogP contribution is -2.18. The summed E-state index contributed by atoms with van der Waals surface area (Å²) in [7, 11) is 4.11. The SMILES string of the molecule is CCCNC(C)c1cnc(-c2ccc(N(C)C)cc2)s1. The van der Waals surface area contributed by atoms with Gasteiger partial charge in [0.25, 0.3) is 0 Å². The standard InChI is InChI=1S/C16H23N3S/c1-5-10-17-12(2)15-11-18-16(20-15)13-6-8-14(9-7-13)19(3)4/h6-9,11-12,17H,5,10H2,1-4H3. The molecule has 4 heteroatoms. The van der Waals surface area contributed by atoms with Crippen LogP contribution in [0.5, 0.6) is 0 Å². The van der Waals surface area contributed by atoms with Crippen molar-refractivity contribution in [2.75, 3.05) is 25.5 Å². The highest BCUT2D eigenvalue weighted by atomic mass is 32.1. The van der Waals surface area contributed by atoms with Crippen LogP contribution in [0.15, 0.2) is 30.5 Å². The van der Waals surface area contributed by atoms with Gasteiger partial charge in [0.05, 0.1) is 0 Å². The summed E-state index contributed by atoms with van der Waals surface area (Å²) in [5, 5.41) is 4.59. The van der Waals surface area contributed by atoms with Crippen LogP contribution in [-0.4, -0.2) is 25.6 Å². The lowest BCUT2D eigenvalue weighted by Gasteiger charge is -2.12. The maximum atomic E-state index is 4.56. The van der Waals surface area contributed by atoms with Crippen LogP contribution >= 0.6 is 11.3 Å². The second-order valence-electron chi connectivity index (χ2n) is 5.18. The molecule has 1 unspecified atom stereocenters. The first-order valence-corrected chi connectivity index (χ1v) is 7.90. The first kappa shape index (κ1) is 15.0. The Bertz CT molecular complexity index is 531. The second kappa shape index (κ2) is 6.86. The average Bonchev–Trinajstić information content (AvgIpc) is 2.94. The molecule has 1 heterocycles. The zero-order chi connectivity index (χ0) is 14.5. The number of aromatic nitrogens is 1. The molecule has 2 aromatic rings. The molecule has 1 N–H and O–H groups in total. The molecule has 0 saturated heterocycles. The normalized spacial score (nSPS) is 12.4. The number of thiazole rings is 1. The van der Waals surface area contributed by atoms with E-state index in [9.17, 15) is 0 Å². The molecule has 0 spiro atoms. The highest BCUT2D eigenvalue weighted by molar-refractivity contribution is 7.15. The largest absolute Gasteiger partial charge is 0.378 e. The molecular formula is C16H23N3S. The summed E-state index contributed by atoms with van der Waals surface area (Å²) >= 11 is 1.77. The van der Waals surface area contributed by atoms with E-state index in [4.69, 9.17) is 0 Å². The van der Waals surface area contributed by atoms with Crippen molar-refractivity contribution in [3.63, 3.8) is 0 Å². The summed E-state index contributed by atoms with van der Waals surface area (Å²) in [5.41, 5.74) is 2.40. The quantitative estimate of drug-likeness (QED) is 0.873. The molecule has 0 aliphatic rings. The van der Waals surface area contributed by atoms with Gasteiger partial charge in [-0.3, -0.25) is 0 Å². The molecule has 0 aliphatic heterocycles. The van der Waals surface area contributed by atoms with E-state index in [1.54, 1.807) is 11.3 Å². The van der Waals surface area contributed by atoms with Crippen LogP contribution in [0, 0.1) is 0 Å². The van der Waals surface area contributed by atoms with E-state index in [0.29, 0.717) is 6.04 Å². The van der Waals surface area contributed by atoms with Crippen LogP contribution in [0.3, 0.4) is 0 Å². The molecule has 1 aromatic heterocycles. The Kier molecular flexibility index (Phi) is 5.15. The van der Waals surface area contributed by atoms with Crippen molar-refractivity contribution >= 4 is 17.0 Å². The van der Waals surface area contributed by atoms with Crippen molar-refractivity contribution < 1.29 is 0 Å². The third kappa shape index (κ3) is 3.58. The molecule has 1 atom stereocenters. The summed E-state index contributed by atoms with van der Waals surface area (Å²) in [5.74, 6) is 0. The van der Waals surface area contributed by atoms with E-state index in [2.05, 4.69) is 67.4 Å². The molecule has 0 radical (unpaired) electrons. The number of hydrogen-bond acceptors (Lipinski definition) is 4. The molecule has 1 aromatic carbocycles. The van der Waals surface area contributed by atoms with Crippen molar-refractivity contribution in [1.29, 1.82) is 0 Å². The van der Waals surface area contributed by atoms with Crippen LogP contribution < -0.4 is 10.2 Å². The number of hydrogen-bond donors (Lipinski definition) is 1. The third-order valence-electron chi connectivity index (χ3n) is 3.28. The number of rotatable bonds is 6. The van der Waals surface area contributed by atoms with Crippen LogP contribution in [0.2, 0.25) is 0 Å². The van der Waals surface area contributed by atoms with E-state index in [1.807, 2.05) is 6.20 Å². The molecule has 2 rings (SSSR count). The Labute approximate surface area is 125 Å². The summed E-state index contributed by atoms with van der Waals surface area (Å²) in [6.07, 6.45) is 3.15. The number of benzene rings is 1. The smallest absolute Gasteiger partial charge is 0.123 e. The lowest BCUT2D eigenvalue weighted by atomic mass is 10.2. The summed E-state index contributed by atoms with van der Waals surface area (Å²) in [6, 6.07) is 8.93. The highest BCUT2D eigenvalue weighted by Gasteiger charge is 2.10. The van der Waals surface area contributed by atoms with Gasteiger partial charge in [0.1, 0.15) is 5.01 Å². The van der Waals surface area contributed by atoms with E-state index in [-0.39, 0.29) is 0 Å². The molecular weight excluding hydrogens is 266 g/mol. The van der Waals surface area contributed by atoms with Crippen LogP contribution in [0.25, 0.3) is 10.6 Å². The lowest BCUT2D eigenvalue weighted by molar-refractivity contribution is 0.577. The Morgan fingerprint density at radius 1 is 1.25 bits per heavy atom. The maximum absolute atomic E-state index is 4.56. The van der Waals surface area contributed by atoms with Gasteiger partial charge >= 0.3 is 0 Å².